The molecule has 1 aromatic carbocycles. The van der Waals surface area contributed by atoms with Crippen LogP contribution in [0.2, 0.25) is 5.02 Å². The minimum atomic E-state index is -1.16. The number of piperidine rings is 1. The average molecular weight is 335 g/mol. The van der Waals surface area contributed by atoms with E-state index in [1.807, 2.05) is 19.9 Å². The van der Waals surface area contributed by atoms with Crippen molar-refractivity contribution in [1.82, 2.24) is 20.3 Å². The second kappa shape index (κ2) is 5.94. The van der Waals surface area contributed by atoms with E-state index >= 15 is 0 Å². The summed E-state index contributed by atoms with van der Waals surface area (Å²) in [5.41, 5.74) is 1.64. The number of carbonyl (C=O) groups is 1. The molecule has 0 saturated carbocycles. The second-order valence-corrected chi connectivity index (χ2v) is 6.54. The Bertz CT molecular complexity index is 732. The lowest BCUT2D eigenvalue weighted by atomic mass is 9.89. The van der Waals surface area contributed by atoms with Crippen molar-refractivity contribution in [3.63, 3.8) is 0 Å². The summed E-state index contributed by atoms with van der Waals surface area (Å²) in [7, 11) is 0. The van der Waals surface area contributed by atoms with Gasteiger partial charge in [0.05, 0.1) is 12.7 Å². The summed E-state index contributed by atoms with van der Waals surface area (Å²) in [6.07, 6.45) is 2.77. The SMILES string of the molecule is Cc1cc(C(=O)N2CCC[C@](O)(c3cn[nH]n3)C2)c(C)cc1Cl. The molecule has 1 saturated heterocycles. The Labute approximate surface area is 139 Å². The largest absolute Gasteiger partial charge is 0.382 e. The molecule has 0 radical (unpaired) electrons. The number of aromatic nitrogens is 3. The number of likely N-dealkylation sites (tertiary alicyclic amines) is 1. The molecule has 6 nitrogen and oxygen atoms in total. The summed E-state index contributed by atoms with van der Waals surface area (Å²) in [6, 6.07) is 3.61. The Morgan fingerprint density at radius 1 is 1.39 bits per heavy atom. The van der Waals surface area contributed by atoms with Crippen LogP contribution in [-0.2, 0) is 5.60 Å². The maximum Gasteiger partial charge on any atom is 0.254 e. The van der Waals surface area contributed by atoms with E-state index in [9.17, 15) is 9.90 Å². The van der Waals surface area contributed by atoms with E-state index in [0.29, 0.717) is 35.7 Å². The van der Waals surface area contributed by atoms with Crippen LogP contribution in [0.5, 0.6) is 0 Å². The van der Waals surface area contributed by atoms with E-state index in [0.717, 1.165) is 11.1 Å². The van der Waals surface area contributed by atoms with Gasteiger partial charge in [-0.3, -0.25) is 4.79 Å². The summed E-state index contributed by atoms with van der Waals surface area (Å²) < 4.78 is 0. The van der Waals surface area contributed by atoms with E-state index in [-0.39, 0.29) is 12.5 Å². The van der Waals surface area contributed by atoms with Gasteiger partial charge >= 0.3 is 0 Å². The molecule has 0 bridgehead atoms. The summed E-state index contributed by atoms with van der Waals surface area (Å²) in [6.45, 7) is 4.56. The first kappa shape index (κ1) is 16.0. The highest BCUT2D eigenvalue weighted by atomic mass is 35.5. The minimum Gasteiger partial charge on any atom is -0.382 e. The molecule has 7 heteroatoms. The van der Waals surface area contributed by atoms with Crippen LogP contribution in [-0.4, -0.2) is 44.4 Å². The number of amides is 1. The Balaban J connectivity index is 1.87. The maximum atomic E-state index is 12.9. The van der Waals surface area contributed by atoms with E-state index in [1.165, 1.54) is 6.20 Å². The van der Waals surface area contributed by atoms with Crippen LogP contribution in [0.15, 0.2) is 18.3 Å². The van der Waals surface area contributed by atoms with Crippen molar-refractivity contribution in [1.29, 1.82) is 0 Å². The number of benzene rings is 1. The molecule has 2 N–H and O–H groups in total. The van der Waals surface area contributed by atoms with Gasteiger partial charge in [0.25, 0.3) is 5.91 Å². The molecule has 2 heterocycles. The minimum absolute atomic E-state index is 0.0936. The van der Waals surface area contributed by atoms with Crippen LogP contribution >= 0.6 is 11.6 Å². The number of halogens is 1. The number of aryl methyl sites for hydroxylation is 2. The van der Waals surface area contributed by atoms with Crippen LogP contribution in [0.3, 0.4) is 0 Å². The zero-order valence-electron chi connectivity index (χ0n) is 13.1. The van der Waals surface area contributed by atoms with Gasteiger partial charge < -0.3 is 10.0 Å². The van der Waals surface area contributed by atoms with Crippen molar-refractivity contribution in [2.24, 2.45) is 0 Å². The molecule has 0 unspecified atom stereocenters. The lowest BCUT2D eigenvalue weighted by molar-refractivity contribution is -0.0320. The number of aliphatic hydroxyl groups is 1. The molecule has 0 aliphatic carbocycles. The third-order valence-corrected chi connectivity index (χ3v) is 4.79. The second-order valence-electron chi connectivity index (χ2n) is 6.13. The van der Waals surface area contributed by atoms with E-state index in [2.05, 4.69) is 15.4 Å². The van der Waals surface area contributed by atoms with Gasteiger partial charge in [-0.15, -0.1) is 0 Å². The molecule has 1 fully saturated rings. The molecule has 0 spiro atoms. The summed E-state index contributed by atoms with van der Waals surface area (Å²) in [4.78, 5) is 14.5. The van der Waals surface area contributed by atoms with Gasteiger partial charge in [-0.25, -0.2) is 0 Å². The van der Waals surface area contributed by atoms with Crippen LogP contribution < -0.4 is 0 Å². The third kappa shape index (κ3) is 2.96. The van der Waals surface area contributed by atoms with Crippen molar-refractivity contribution < 1.29 is 9.90 Å². The molecular formula is C16H19ClN4O2. The number of nitrogens with one attached hydrogen (secondary N) is 1. The number of nitrogens with zero attached hydrogens (tertiary/aromatic N) is 3. The zero-order chi connectivity index (χ0) is 16.6. The monoisotopic (exact) mass is 334 g/mol. The van der Waals surface area contributed by atoms with Gasteiger partial charge in [-0.2, -0.15) is 15.4 Å². The molecule has 23 heavy (non-hydrogen) atoms. The fraction of sp³-hybridized carbons (Fsp3) is 0.438. The highest BCUT2D eigenvalue weighted by Crippen LogP contribution is 2.31. The van der Waals surface area contributed by atoms with Crippen molar-refractivity contribution in [3.05, 3.63) is 45.7 Å². The van der Waals surface area contributed by atoms with Gasteiger partial charge in [-0.1, -0.05) is 11.6 Å². The highest BCUT2D eigenvalue weighted by molar-refractivity contribution is 6.31. The number of aromatic amines is 1. The average Bonchev–Trinajstić information content (AvgIpc) is 3.05. The molecule has 1 atom stereocenters. The van der Waals surface area contributed by atoms with Gasteiger partial charge in [0.1, 0.15) is 11.3 Å². The highest BCUT2D eigenvalue weighted by Gasteiger charge is 2.39. The number of hydrogen-bond acceptors (Lipinski definition) is 4. The Morgan fingerprint density at radius 3 is 2.87 bits per heavy atom. The molecule has 122 valence electrons. The van der Waals surface area contributed by atoms with Crippen LogP contribution in [0.4, 0.5) is 0 Å². The Morgan fingerprint density at radius 2 is 2.17 bits per heavy atom. The predicted octanol–water partition coefficient (Wildman–Crippen LogP) is 2.20. The summed E-state index contributed by atoms with van der Waals surface area (Å²) >= 11 is 6.11. The molecule has 3 rings (SSSR count). The van der Waals surface area contributed by atoms with Gasteiger partial charge in [0.15, 0.2) is 0 Å². The fourth-order valence-electron chi connectivity index (χ4n) is 3.03. The van der Waals surface area contributed by atoms with Crippen LogP contribution in [0.1, 0.15) is 40.0 Å². The molecular weight excluding hydrogens is 316 g/mol. The number of carbonyl (C=O) groups excluding carboxylic acids is 1. The van der Waals surface area contributed by atoms with E-state index in [1.54, 1.807) is 11.0 Å². The Hall–Kier alpha value is -1.92. The van der Waals surface area contributed by atoms with Crippen LogP contribution in [0.25, 0.3) is 0 Å². The number of rotatable bonds is 2. The molecule has 2 aromatic rings. The topological polar surface area (TPSA) is 82.1 Å². The smallest absolute Gasteiger partial charge is 0.254 e. The van der Waals surface area contributed by atoms with Gasteiger partial charge in [0.2, 0.25) is 0 Å². The number of β-amino-alcohol motifs (C(OH)–C–C–N with tert-alkyl or cyclic N) is 1. The molecule has 1 amide bonds. The first-order valence-electron chi connectivity index (χ1n) is 7.55. The quantitative estimate of drug-likeness (QED) is 0.882. The third-order valence-electron chi connectivity index (χ3n) is 4.39. The molecule has 1 aromatic heterocycles. The first-order valence-corrected chi connectivity index (χ1v) is 7.93. The zero-order valence-corrected chi connectivity index (χ0v) is 13.9. The summed E-state index contributed by atoms with van der Waals surface area (Å²) in [5.74, 6) is -0.0936. The van der Waals surface area contributed by atoms with Gasteiger partial charge in [0, 0.05) is 17.1 Å². The first-order chi connectivity index (χ1) is 10.9. The maximum absolute atomic E-state index is 12.9. The molecule has 1 aliphatic rings. The molecule has 1 aliphatic heterocycles. The van der Waals surface area contributed by atoms with E-state index in [4.69, 9.17) is 11.6 Å². The Kier molecular flexibility index (Phi) is 4.12. The normalized spacial score (nSPS) is 21.5. The number of H-pyrrole nitrogens is 1. The number of hydrogen-bond donors (Lipinski definition) is 2. The van der Waals surface area contributed by atoms with E-state index < -0.39 is 5.60 Å². The van der Waals surface area contributed by atoms with Gasteiger partial charge in [-0.05, 0) is 49.9 Å². The summed E-state index contributed by atoms with van der Waals surface area (Å²) in [5, 5.41) is 21.7. The van der Waals surface area contributed by atoms with Crippen molar-refractivity contribution in [2.45, 2.75) is 32.3 Å². The van der Waals surface area contributed by atoms with Crippen molar-refractivity contribution in [3.8, 4) is 0 Å². The fourth-order valence-corrected chi connectivity index (χ4v) is 3.24. The van der Waals surface area contributed by atoms with Crippen LogP contribution in [0, 0.1) is 13.8 Å². The van der Waals surface area contributed by atoms with Crippen molar-refractivity contribution >= 4 is 17.5 Å². The standard InChI is InChI=1S/C16H19ClN4O2/c1-10-7-13(17)11(2)6-12(10)15(22)21-5-3-4-16(23,9-21)14-8-18-20-19-14/h6-8,23H,3-5,9H2,1-2H3,(H,18,19,20)/t16-/m1/s1. The lowest BCUT2D eigenvalue weighted by Gasteiger charge is -2.38. The predicted molar refractivity (Wildman–Crippen MR) is 86.3 cm³/mol. The lowest BCUT2D eigenvalue weighted by Crippen LogP contribution is -2.48. The van der Waals surface area contributed by atoms with Crippen molar-refractivity contribution in [2.75, 3.05) is 13.1 Å².